The maximum atomic E-state index is 13.0. The Morgan fingerprint density at radius 2 is 1.83 bits per heavy atom. The molecule has 0 radical (unpaired) electrons. The van der Waals surface area contributed by atoms with E-state index in [1.54, 1.807) is 19.2 Å². The van der Waals surface area contributed by atoms with Crippen LogP contribution in [-0.2, 0) is 6.18 Å². The number of nitrogen functional groups attached to an aromatic ring is 1. The van der Waals surface area contributed by atoms with Crippen LogP contribution in [0.3, 0.4) is 0 Å². The second-order valence-corrected chi connectivity index (χ2v) is 3.99. The number of hydrogen-bond donors (Lipinski definition) is 1. The number of aryl methyl sites for hydroxylation is 1. The van der Waals surface area contributed by atoms with E-state index in [-0.39, 0.29) is 11.3 Å². The average molecular weight is 252 g/mol. The quantitative estimate of drug-likeness (QED) is 0.786. The van der Waals surface area contributed by atoms with Crippen molar-refractivity contribution in [3.05, 3.63) is 47.8 Å². The smallest absolute Gasteiger partial charge is 0.399 e. The van der Waals surface area contributed by atoms with Crippen LogP contribution in [-0.4, -0.2) is 4.98 Å². The van der Waals surface area contributed by atoms with Crippen molar-refractivity contribution >= 4 is 5.69 Å². The van der Waals surface area contributed by atoms with E-state index >= 15 is 0 Å². The van der Waals surface area contributed by atoms with E-state index in [2.05, 4.69) is 4.98 Å². The number of pyridine rings is 1. The molecule has 0 unspecified atom stereocenters. The average Bonchev–Trinajstić information content (AvgIpc) is 2.29. The zero-order valence-corrected chi connectivity index (χ0v) is 9.62. The lowest BCUT2D eigenvalue weighted by atomic mass is 9.97. The van der Waals surface area contributed by atoms with Crippen molar-refractivity contribution in [1.82, 2.24) is 4.98 Å². The summed E-state index contributed by atoms with van der Waals surface area (Å²) >= 11 is 0. The van der Waals surface area contributed by atoms with Gasteiger partial charge in [0, 0.05) is 23.6 Å². The van der Waals surface area contributed by atoms with Gasteiger partial charge in [-0.15, -0.1) is 0 Å². The number of hydrogen-bond acceptors (Lipinski definition) is 2. The van der Waals surface area contributed by atoms with Gasteiger partial charge < -0.3 is 5.73 Å². The van der Waals surface area contributed by atoms with E-state index in [1.807, 2.05) is 0 Å². The van der Waals surface area contributed by atoms with E-state index in [9.17, 15) is 13.2 Å². The van der Waals surface area contributed by atoms with Gasteiger partial charge in [0.05, 0.1) is 5.56 Å². The summed E-state index contributed by atoms with van der Waals surface area (Å²) in [6.07, 6.45) is -1.47. The first-order valence-electron chi connectivity index (χ1n) is 5.27. The topological polar surface area (TPSA) is 38.9 Å². The number of aromatic nitrogens is 1. The molecule has 0 atom stereocenters. The summed E-state index contributed by atoms with van der Waals surface area (Å²) in [6.45, 7) is 1.74. The van der Waals surface area contributed by atoms with Gasteiger partial charge in [0.25, 0.3) is 0 Å². The Hall–Kier alpha value is -2.04. The van der Waals surface area contributed by atoms with Gasteiger partial charge in [-0.1, -0.05) is 6.07 Å². The minimum absolute atomic E-state index is 0.0904. The molecule has 2 N–H and O–H groups in total. The Labute approximate surface area is 102 Å². The first-order chi connectivity index (χ1) is 8.39. The van der Waals surface area contributed by atoms with Crippen molar-refractivity contribution in [3.63, 3.8) is 0 Å². The lowest BCUT2D eigenvalue weighted by Gasteiger charge is -2.14. The minimum atomic E-state index is -4.44. The Kier molecular flexibility index (Phi) is 2.98. The maximum absolute atomic E-state index is 13.0. The molecule has 0 aliphatic carbocycles. The zero-order chi connectivity index (χ0) is 13.3. The summed E-state index contributed by atoms with van der Waals surface area (Å²) in [5, 5.41) is 0. The summed E-state index contributed by atoms with van der Waals surface area (Å²) < 4.78 is 38.9. The molecule has 2 rings (SSSR count). The highest BCUT2D eigenvalue weighted by Crippen LogP contribution is 2.38. The Balaban J connectivity index is 2.69. The third-order valence-corrected chi connectivity index (χ3v) is 2.68. The molecular weight excluding hydrogens is 241 g/mol. The molecule has 0 saturated heterocycles. The van der Waals surface area contributed by atoms with Crippen LogP contribution in [0.5, 0.6) is 0 Å². The molecule has 0 bridgehead atoms. The lowest BCUT2D eigenvalue weighted by molar-refractivity contribution is -0.137. The van der Waals surface area contributed by atoms with Crippen LogP contribution in [0.4, 0.5) is 18.9 Å². The fourth-order valence-corrected chi connectivity index (χ4v) is 1.78. The minimum Gasteiger partial charge on any atom is -0.399 e. The summed E-state index contributed by atoms with van der Waals surface area (Å²) in [5.74, 6) is 0. The molecule has 0 spiro atoms. The van der Waals surface area contributed by atoms with Crippen molar-refractivity contribution in [3.8, 4) is 11.1 Å². The van der Waals surface area contributed by atoms with Crippen LogP contribution in [0.1, 0.15) is 11.1 Å². The highest BCUT2D eigenvalue weighted by molar-refractivity contribution is 5.72. The van der Waals surface area contributed by atoms with Crippen molar-refractivity contribution in [2.45, 2.75) is 13.1 Å². The SMILES string of the molecule is Cc1ccncc1-c1ccc(N)cc1C(F)(F)F. The molecule has 0 aliphatic heterocycles. The molecule has 18 heavy (non-hydrogen) atoms. The van der Waals surface area contributed by atoms with Gasteiger partial charge in [0.1, 0.15) is 0 Å². The monoisotopic (exact) mass is 252 g/mol. The number of benzene rings is 1. The van der Waals surface area contributed by atoms with E-state index in [0.29, 0.717) is 5.56 Å². The number of nitrogens with two attached hydrogens (primary N) is 1. The molecule has 0 aliphatic rings. The fraction of sp³-hybridized carbons (Fsp3) is 0.154. The van der Waals surface area contributed by atoms with Crippen molar-refractivity contribution in [2.24, 2.45) is 0 Å². The van der Waals surface area contributed by atoms with Crippen LogP contribution < -0.4 is 5.73 Å². The van der Waals surface area contributed by atoms with E-state index in [0.717, 1.165) is 11.6 Å². The standard InChI is InChI=1S/C13H11F3N2/c1-8-4-5-18-7-11(8)10-3-2-9(17)6-12(10)13(14,15)16/h2-7H,17H2,1H3. The highest BCUT2D eigenvalue weighted by atomic mass is 19.4. The molecule has 1 aromatic heterocycles. The van der Waals surface area contributed by atoms with E-state index in [4.69, 9.17) is 5.73 Å². The first-order valence-corrected chi connectivity index (χ1v) is 5.27. The van der Waals surface area contributed by atoms with Crippen LogP contribution in [0, 0.1) is 6.92 Å². The first kappa shape index (κ1) is 12.4. The second kappa shape index (κ2) is 4.33. The molecule has 0 saturated carbocycles. The Morgan fingerprint density at radius 3 is 2.44 bits per heavy atom. The van der Waals surface area contributed by atoms with Gasteiger partial charge in [-0.3, -0.25) is 4.98 Å². The summed E-state index contributed by atoms with van der Waals surface area (Å²) in [7, 11) is 0. The molecule has 0 amide bonds. The summed E-state index contributed by atoms with van der Waals surface area (Å²) in [5.41, 5.74) is 6.08. The zero-order valence-electron chi connectivity index (χ0n) is 9.62. The number of rotatable bonds is 1. The van der Waals surface area contributed by atoms with Crippen LogP contribution in [0.2, 0.25) is 0 Å². The number of alkyl halides is 3. The molecular formula is C13H11F3N2. The highest BCUT2D eigenvalue weighted by Gasteiger charge is 2.34. The molecule has 0 fully saturated rings. The predicted molar refractivity (Wildman–Crippen MR) is 63.8 cm³/mol. The van der Waals surface area contributed by atoms with Gasteiger partial charge >= 0.3 is 6.18 Å². The molecule has 2 aromatic rings. The Bertz CT molecular complexity index is 577. The molecule has 1 heterocycles. The summed E-state index contributed by atoms with van der Waals surface area (Å²) in [4.78, 5) is 3.87. The largest absolute Gasteiger partial charge is 0.417 e. The van der Waals surface area contributed by atoms with Crippen molar-refractivity contribution < 1.29 is 13.2 Å². The number of nitrogens with zero attached hydrogens (tertiary/aromatic N) is 1. The molecule has 94 valence electrons. The van der Waals surface area contributed by atoms with Gasteiger partial charge in [-0.25, -0.2) is 0 Å². The van der Waals surface area contributed by atoms with Crippen LogP contribution in [0.15, 0.2) is 36.7 Å². The van der Waals surface area contributed by atoms with E-state index in [1.165, 1.54) is 18.3 Å². The second-order valence-electron chi connectivity index (χ2n) is 3.99. The Morgan fingerprint density at radius 1 is 1.11 bits per heavy atom. The van der Waals surface area contributed by atoms with E-state index < -0.39 is 11.7 Å². The van der Waals surface area contributed by atoms with Crippen molar-refractivity contribution in [2.75, 3.05) is 5.73 Å². The maximum Gasteiger partial charge on any atom is 0.417 e. The number of halogens is 3. The normalized spacial score (nSPS) is 11.6. The summed E-state index contributed by atoms with van der Waals surface area (Å²) in [6, 6.07) is 5.45. The van der Waals surface area contributed by atoms with Gasteiger partial charge in [-0.2, -0.15) is 13.2 Å². The third kappa shape index (κ3) is 2.30. The third-order valence-electron chi connectivity index (χ3n) is 2.68. The fourth-order valence-electron chi connectivity index (χ4n) is 1.78. The lowest BCUT2D eigenvalue weighted by Crippen LogP contribution is -2.08. The van der Waals surface area contributed by atoms with Gasteiger partial charge in [0.15, 0.2) is 0 Å². The molecule has 1 aromatic carbocycles. The van der Waals surface area contributed by atoms with Crippen LogP contribution >= 0.6 is 0 Å². The molecule has 5 heteroatoms. The molecule has 2 nitrogen and oxygen atoms in total. The number of anilines is 1. The van der Waals surface area contributed by atoms with Crippen molar-refractivity contribution in [1.29, 1.82) is 0 Å². The van der Waals surface area contributed by atoms with Gasteiger partial charge in [0.2, 0.25) is 0 Å². The van der Waals surface area contributed by atoms with Gasteiger partial charge in [-0.05, 0) is 36.2 Å². The van der Waals surface area contributed by atoms with Crippen LogP contribution in [0.25, 0.3) is 11.1 Å². The predicted octanol–water partition coefficient (Wildman–Crippen LogP) is 3.66.